The molecule has 1 aliphatic heterocycles. The number of aliphatic hydroxyl groups is 1. The minimum absolute atomic E-state index is 0.0687. The van der Waals surface area contributed by atoms with Gasteiger partial charge in [-0.1, -0.05) is 11.8 Å². The number of halogens is 1. The van der Waals surface area contributed by atoms with Gasteiger partial charge in [-0.2, -0.15) is 0 Å². The number of benzene rings is 1. The molecule has 1 heterocycles. The fourth-order valence-electron chi connectivity index (χ4n) is 2.04. The van der Waals surface area contributed by atoms with Crippen molar-refractivity contribution in [3.63, 3.8) is 0 Å². The van der Waals surface area contributed by atoms with Crippen molar-refractivity contribution in [2.45, 2.75) is 12.8 Å². The van der Waals surface area contributed by atoms with Gasteiger partial charge in [0.25, 0.3) is 0 Å². The summed E-state index contributed by atoms with van der Waals surface area (Å²) in [6, 6.07) is 4.22. The highest BCUT2D eigenvalue weighted by Gasteiger charge is 2.21. The highest BCUT2D eigenvalue weighted by Crippen LogP contribution is 2.19. The predicted molar refractivity (Wildman–Crippen MR) is 72.5 cm³/mol. The summed E-state index contributed by atoms with van der Waals surface area (Å²) in [7, 11) is 0. The monoisotopic (exact) mass is 277 g/mol. The van der Waals surface area contributed by atoms with Crippen LogP contribution in [0.2, 0.25) is 0 Å². The molecule has 1 aromatic carbocycles. The lowest BCUT2D eigenvalue weighted by Crippen LogP contribution is -2.28. The number of carbonyl (C=O) groups is 1. The van der Waals surface area contributed by atoms with E-state index in [2.05, 4.69) is 17.2 Å². The Labute approximate surface area is 116 Å². The van der Waals surface area contributed by atoms with Gasteiger partial charge in [-0.15, -0.1) is 0 Å². The topological polar surface area (TPSA) is 58.6 Å². The van der Waals surface area contributed by atoms with Gasteiger partial charge in [0.2, 0.25) is 5.91 Å². The van der Waals surface area contributed by atoms with E-state index in [1.165, 1.54) is 18.2 Å². The van der Waals surface area contributed by atoms with Gasteiger partial charge in [0.1, 0.15) is 12.4 Å². The zero-order valence-corrected chi connectivity index (χ0v) is 11.0. The van der Waals surface area contributed by atoms with E-state index in [9.17, 15) is 9.18 Å². The van der Waals surface area contributed by atoms with E-state index in [1.54, 1.807) is 0 Å². The molecule has 0 aromatic heterocycles. The fourth-order valence-corrected chi connectivity index (χ4v) is 2.04. The summed E-state index contributed by atoms with van der Waals surface area (Å²) >= 11 is 0. The van der Waals surface area contributed by atoms with Crippen LogP contribution in [0.3, 0.4) is 0 Å². The number of aliphatic hydroxyl groups excluding tert-OH is 1. The van der Waals surface area contributed by atoms with Crippen LogP contribution in [0.15, 0.2) is 18.2 Å². The molecule has 1 amide bonds. The van der Waals surface area contributed by atoms with Crippen LogP contribution < -0.4 is 5.32 Å². The number of carbonyl (C=O) groups excluding carboxylic acids is 1. The van der Waals surface area contributed by atoms with Gasteiger partial charge < -0.3 is 15.2 Å². The summed E-state index contributed by atoms with van der Waals surface area (Å²) < 4.78 is 18.7. The molecule has 5 heteroatoms. The first-order valence-electron chi connectivity index (χ1n) is 6.48. The second-order valence-electron chi connectivity index (χ2n) is 4.53. The zero-order chi connectivity index (χ0) is 14.4. The predicted octanol–water partition coefficient (Wildman–Crippen LogP) is 1.53. The Morgan fingerprint density at radius 2 is 2.20 bits per heavy atom. The molecule has 0 saturated carbocycles. The maximum atomic E-state index is 13.5. The van der Waals surface area contributed by atoms with Crippen molar-refractivity contribution in [2.75, 3.05) is 25.1 Å². The smallest absolute Gasteiger partial charge is 0.227 e. The average molecular weight is 277 g/mol. The first-order chi connectivity index (χ1) is 9.70. The number of rotatable bonds is 2. The number of hydrogen-bond donors (Lipinski definition) is 2. The normalized spacial score (nSPS) is 15.3. The van der Waals surface area contributed by atoms with Gasteiger partial charge in [-0.3, -0.25) is 4.79 Å². The molecule has 0 spiro atoms. The van der Waals surface area contributed by atoms with Gasteiger partial charge in [-0.05, 0) is 31.0 Å². The van der Waals surface area contributed by atoms with E-state index < -0.39 is 5.82 Å². The Hall–Kier alpha value is -1.90. The third-order valence-corrected chi connectivity index (χ3v) is 3.13. The summed E-state index contributed by atoms with van der Waals surface area (Å²) in [6.07, 6.45) is 1.40. The molecule has 1 aromatic rings. The Morgan fingerprint density at radius 3 is 2.90 bits per heavy atom. The number of anilines is 1. The van der Waals surface area contributed by atoms with Crippen molar-refractivity contribution in [3.8, 4) is 11.8 Å². The zero-order valence-electron chi connectivity index (χ0n) is 11.0. The minimum atomic E-state index is -0.477. The highest BCUT2D eigenvalue weighted by atomic mass is 19.1. The Bertz CT molecular complexity index is 542. The van der Waals surface area contributed by atoms with Gasteiger partial charge in [0, 0.05) is 24.8 Å². The van der Waals surface area contributed by atoms with Crippen LogP contribution in [0, 0.1) is 23.6 Å². The minimum Gasteiger partial charge on any atom is -0.384 e. The van der Waals surface area contributed by atoms with E-state index in [0.29, 0.717) is 31.7 Å². The quantitative estimate of drug-likeness (QED) is 0.806. The molecule has 2 rings (SSSR count). The summed E-state index contributed by atoms with van der Waals surface area (Å²) in [4.78, 5) is 12.0. The molecule has 0 unspecified atom stereocenters. The van der Waals surface area contributed by atoms with Gasteiger partial charge >= 0.3 is 0 Å². The van der Waals surface area contributed by atoms with Crippen molar-refractivity contribution in [1.29, 1.82) is 0 Å². The summed E-state index contributed by atoms with van der Waals surface area (Å²) in [6.45, 7) is 0.849. The van der Waals surface area contributed by atoms with E-state index >= 15 is 0 Å². The molecule has 0 bridgehead atoms. The van der Waals surface area contributed by atoms with Crippen LogP contribution in [-0.4, -0.2) is 30.8 Å². The second kappa shape index (κ2) is 7.04. The first kappa shape index (κ1) is 14.5. The van der Waals surface area contributed by atoms with Crippen molar-refractivity contribution >= 4 is 11.6 Å². The molecule has 1 saturated heterocycles. The van der Waals surface area contributed by atoms with Crippen molar-refractivity contribution < 1.29 is 19.0 Å². The molecule has 20 heavy (non-hydrogen) atoms. The average Bonchev–Trinajstić information content (AvgIpc) is 2.48. The van der Waals surface area contributed by atoms with Gasteiger partial charge in [-0.25, -0.2) is 4.39 Å². The number of nitrogens with one attached hydrogen (secondary N) is 1. The lowest BCUT2D eigenvalue weighted by molar-refractivity contribution is -0.122. The fraction of sp³-hybridized carbons (Fsp3) is 0.400. The van der Waals surface area contributed by atoms with E-state index in [4.69, 9.17) is 9.84 Å². The molecular weight excluding hydrogens is 261 g/mol. The highest BCUT2D eigenvalue weighted by molar-refractivity contribution is 5.92. The summed E-state index contributed by atoms with van der Waals surface area (Å²) in [5, 5.41) is 11.4. The van der Waals surface area contributed by atoms with Crippen LogP contribution in [0.25, 0.3) is 0 Å². The van der Waals surface area contributed by atoms with E-state index in [0.717, 1.165) is 0 Å². The van der Waals surface area contributed by atoms with E-state index in [1.807, 2.05) is 0 Å². The third kappa shape index (κ3) is 3.80. The molecule has 0 radical (unpaired) electrons. The molecule has 1 aliphatic rings. The van der Waals surface area contributed by atoms with Crippen molar-refractivity contribution in [1.82, 2.24) is 0 Å². The molecule has 106 valence electrons. The number of amides is 1. The van der Waals surface area contributed by atoms with Crippen molar-refractivity contribution in [2.24, 2.45) is 5.92 Å². The first-order valence-corrected chi connectivity index (χ1v) is 6.48. The van der Waals surface area contributed by atoms with Crippen LogP contribution in [0.5, 0.6) is 0 Å². The standard InChI is InChI=1S/C15H16FNO3/c16-14-4-3-13(10-12(14)2-1-7-18)17-15(19)11-5-8-20-9-6-11/h3-4,10-11,18H,5-9H2,(H,17,19). The lowest BCUT2D eigenvalue weighted by Gasteiger charge is -2.21. The van der Waals surface area contributed by atoms with Crippen molar-refractivity contribution in [3.05, 3.63) is 29.6 Å². The third-order valence-electron chi connectivity index (χ3n) is 3.13. The number of ether oxygens (including phenoxy) is 1. The molecule has 0 aliphatic carbocycles. The van der Waals surface area contributed by atoms with Crippen LogP contribution in [-0.2, 0) is 9.53 Å². The van der Waals surface area contributed by atoms with Gasteiger partial charge in [0.15, 0.2) is 0 Å². The van der Waals surface area contributed by atoms with E-state index in [-0.39, 0.29) is 24.0 Å². The Morgan fingerprint density at radius 1 is 1.45 bits per heavy atom. The molecule has 1 fully saturated rings. The lowest BCUT2D eigenvalue weighted by atomic mass is 9.99. The largest absolute Gasteiger partial charge is 0.384 e. The Kier molecular flexibility index (Phi) is 5.10. The summed E-state index contributed by atoms with van der Waals surface area (Å²) in [5.41, 5.74) is 0.661. The van der Waals surface area contributed by atoms with Crippen LogP contribution >= 0.6 is 0 Å². The maximum absolute atomic E-state index is 13.5. The molecule has 0 atom stereocenters. The Balaban J connectivity index is 2.07. The second-order valence-corrected chi connectivity index (χ2v) is 4.53. The summed E-state index contributed by atoms with van der Waals surface area (Å²) in [5.74, 6) is 4.27. The number of hydrogen-bond acceptors (Lipinski definition) is 3. The molecule has 4 nitrogen and oxygen atoms in total. The molecule has 2 N–H and O–H groups in total. The van der Waals surface area contributed by atoms with Gasteiger partial charge in [0.05, 0.1) is 5.56 Å². The van der Waals surface area contributed by atoms with Crippen LogP contribution in [0.1, 0.15) is 18.4 Å². The maximum Gasteiger partial charge on any atom is 0.227 e. The SMILES string of the molecule is O=C(Nc1ccc(F)c(C#CCO)c1)C1CCOCC1. The molecular formula is C15H16FNO3. The van der Waals surface area contributed by atoms with Crippen LogP contribution in [0.4, 0.5) is 10.1 Å².